The van der Waals surface area contributed by atoms with E-state index in [1.807, 2.05) is 72.8 Å². The molecule has 0 bridgehead atoms. The smallest absolute Gasteiger partial charge is 0.343 e. The van der Waals surface area contributed by atoms with Crippen LogP contribution >= 0.6 is 0 Å². The highest BCUT2D eigenvalue weighted by Gasteiger charge is 2.20. The second-order valence-electron chi connectivity index (χ2n) is 4.67. The van der Waals surface area contributed by atoms with E-state index in [1.54, 1.807) is 0 Å². The second-order valence-corrected chi connectivity index (χ2v) is 4.67. The fourth-order valence-corrected chi connectivity index (χ4v) is 2.15. The molecular weight excluding hydrogens is 248 g/mol. The van der Waals surface area contributed by atoms with Gasteiger partial charge in [0, 0.05) is 6.42 Å². The van der Waals surface area contributed by atoms with Gasteiger partial charge in [0.25, 0.3) is 0 Å². The number of hydrogen-bond acceptors (Lipinski definition) is 2. The first kappa shape index (κ1) is 12.4. The summed E-state index contributed by atoms with van der Waals surface area (Å²) < 4.78 is 5.30. The maximum Gasteiger partial charge on any atom is 0.343 e. The van der Waals surface area contributed by atoms with Crippen LogP contribution in [0.3, 0.4) is 0 Å². The van der Waals surface area contributed by atoms with Crippen LogP contribution in [0.2, 0.25) is 0 Å². The van der Waals surface area contributed by atoms with Crippen LogP contribution in [-0.2, 0) is 16.0 Å². The minimum Gasteiger partial charge on any atom is -0.427 e. The Bertz CT molecular complexity index is 667. The number of carbonyl (C=O) groups is 1. The average molecular weight is 262 g/mol. The third-order valence-corrected chi connectivity index (χ3v) is 3.12. The zero-order valence-corrected chi connectivity index (χ0v) is 11.0. The number of rotatable bonds is 3. The van der Waals surface area contributed by atoms with Gasteiger partial charge in [-0.25, -0.2) is 4.79 Å². The predicted octanol–water partition coefficient (Wildman–Crippen LogP) is 3.75. The molecule has 1 heterocycles. The number of cyclic esters (lactones) is 1. The molecule has 98 valence electrons. The van der Waals surface area contributed by atoms with E-state index in [9.17, 15) is 4.79 Å². The largest absolute Gasteiger partial charge is 0.427 e. The molecule has 0 spiro atoms. The Morgan fingerprint density at radius 1 is 0.900 bits per heavy atom. The predicted molar refractivity (Wildman–Crippen MR) is 78.7 cm³/mol. The second kappa shape index (κ2) is 5.57. The Kier molecular flexibility index (Phi) is 3.46. The van der Waals surface area contributed by atoms with Crippen molar-refractivity contribution in [1.82, 2.24) is 0 Å². The van der Waals surface area contributed by atoms with Crippen molar-refractivity contribution < 1.29 is 9.53 Å². The standard InChI is InChI=1S/C18H14O2/c19-18-16(11-14-7-3-1-4-8-14)13-17(20-18)12-15-9-5-2-6-10-15/h1-11,13H,12H2/b16-11-. The fraction of sp³-hybridized carbons (Fsp3) is 0.0556. The van der Waals surface area contributed by atoms with E-state index in [2.05, 4.69) is 0 Å². The van der Waals surface area contributed by atoms with Crippen LogP contribution < -0.4 is 0 Å². The first-order chi connectivity index (χ1) is 9.81. The van der Waals surface area contributed by atoms with Crippen molar-refractivity contribution in [3.05, 3.63) is 89.2 Å². The zero-order valence-electron chi connectivity index (χ0n) is 11.0. The molecule has 0 atom stereocenters. The van der Waals surface area contributed by atoms with Crippen LogP contribution in [0.4, 0.5) is 0 Å². The fourth-order valence-electron chi connectivity index (χ4n) is 2.15. The van der Waals surface area contributed by atoms with Gasteiger partial charge in [0.2, 0.25) is 0 Å². The molecule has 2 aromatic rings. The third kappa shape index (κ3) is 2.86. The van der Waals surface area contributed by atoms with Gasteiger partial charge in [-0.15, -0.1) is 0 Å². The Balaban J connectivity index is 1.81. The highest BCUT2D eigenvalue weighted by molar-refractivity contribution is 5.99. The number of allylic oxidation sites excluding steroid dienone is 1. The van der Waals surface area contributed by atoms with E-state index < -0.39 is 0 Å². The molecule has 0 saturated heterocycles. The molecule has 1 aliphatic rings. The summed E-state index contributed by atoms with van der Waals surface area (Å²) in [4.78, 5) is 11.8. The topological polar surface area (TPSA) is 26.3 Å². The van der Waals surface area contributed by atoms with Crippen molar-refractivity contribution in [3.63, 3.8) is 0 Å². The monoisotopic (exact) mass is 262 g/mol. The molecule has 0 N–H and O–H groups in total. The molecule has 0 amide bonds. The summed E-state index contributed by atoms with van der Waals surface area (Å²) in [6.45, 7) is 0. The SMILES string of the molecule is O=C1OC(Cc2ccccc2)=C/C1=C/c1ccccc1. The van der Waals surface area contributed by atoms with Gasteiger partial charge in [-0.2, -0.15) is 0 Å². The molecule has 0 aliphatic carbocycles. The zero-order chi connectivity index (χ0) is 13.8. The molecule has 0 saturated carbocycles. The molecule has 0 unspecified atom stereocenters. The third-order valence-electron chi connectivity index (χ3n) is 3.12. The van der Waals surface area contributed by atoms with Crippen molar-refractivity contribution in [2.75, 3.05) is 0 Å². The van der Waals surface area contributed by atoms with E-state index in [0.29, 0.717) is 17.8 Å². The molecule has 2 heteroatoms. The van der Waals surface area contributed by atoms with E-state index in [4.69, 9.17) is 4.74 Å². The van der Waals surface area contributed by atoms with E-state index in [-0.39, 0.29) is 5.97 Å². The van der Waals surface area contributed by atoms with E-state index in [0.717, 1.165) is 11.1 Å². The van der Waals surface area contributed by atoms with Gasteiger partial charge < -0.3 is 4.74 Å². The lowest BCUT2D eigenvalue weighted by molar-refractivity contribution is -0.133. The Morgan fingerprint density at radius 2 is 1.55 bits per heavy atom. The van der Waals surface area contributed by atoms with Crippen LogP contribution in [-0.4, -0.2) is 5.97 Å². The lowest BCUT2D eigenvalue weighted by Gasteiger charge is -2.01. The number of hydrogen-bond donors (Lipinski definition) is 0. The van der Waals surface area contributed by atoms with Crippen molar-refractivity contribution in [2.24, 2.45) is 0 Å². The van der Waals surface area contributed by atoms with Gasteiger partial charge in [0.1, 0.15) is 5.76 Å². The number of benzene rings is 2. The van der Waals surface area contributed by atoms with Crippen molar-refractivity contribution in [2.45, 2.75) is 6.42 Å². The maximum absolute atomic E-state index is 11.8. The summed E-state index contributed by atoms with van der Waals surface area (Å²) in [5, 5.41) is 0. The molecule has 0 radical (unpaired) electrons. The first-order valence-corrected chi connectivity index (χ1v) is 6.55. The van der Waals surface area contributed by atoms with Crippen molar-refractivity contribution in [3.8, 4) is 0 Å². The molecule has 0 aromatic heterocycles. The van der Waals surface area contributed by atoms with Gasteiger partial charge in [-0.3, -0.25) is 0 Å². The average Bonchev–Trinajstić information content (AvgIpc) is 2.81. The van der Waals surface area contributed by atoms with Gasteiger partial charge in [0.05, 0.1) is 5.57 Å². The summed E-state index contributed by atoms with van der Waals surface area (Å²) >= 11 is 0. The Morgan fingerprint density at radius 3 is 2.25 bits per heavy atom. The summed E-state index contributed by atoms with van der Waals surface area (Å²) in [6, 6.07) is 19.7. The van der Waals surface area contributed by atoms with Gasteiger partial charge in [-0.1, -0.05) is 60.7 Å². The molecule has 2 nitrogen and oxygen atoms in total. The van der Waals surface area contributed by atoms with Crippen LogP contribution in [0.25, 0.3) is 6.08 Å². The van der Waals surface area contributed by atoms with Crippen LogP contribution in [0, 0.1) is 0 Å². The minimum atomic E-state index is -0.278. The molecule has 20 heavy (non-hydrogen) atoms. The van der Waals surface area contributed by atoms with Gasteiger partial charge >= 0.3 is 5.97 Å². The van der Waals surface area contributed by atoms with Crippen molar-refractivity contribution in [1.29, 1.82) is 0 Å². The highest BCUT2D eigenvalue weighted by Crippen LogP contribution is 2.22. The maximum atomic E-state index is 11.8. The van der Waals surface area contributed by atoms with Crippen LogP contribution in [0.1, 0.15) is 11.1 Å². The number of ether oxygens (including phenoxy) is 1. The molecule has 0 fully saturated rings. The number of carbonyl (C=O) groups excluding carboxylic acids is 1. The summed E-state index contributed by atoms with van der Waals surface area (Å²) in [5.74, 6) is 0.420. The van der Waals surface area contributed by atoms with Gasteiger partial charge in [-0.05, 0) is 23.3 Å². The molecule has 1 aliphatic heterocycles. The van der Waals surface area contributed by atoms with Crippen LogP contribution in [0.5, 0.6) is 0 Å². The van der Waals surface area contributed by atoms with Crippen LogP contribution in [0.15, 0.2) is 78.1 Å². The normalized spacial score (nSPS) is 16.1. The molecule has 2 aromatic carbocycles. The molecular formula is C18H14O2. The van der Waals surface area contributed by atoms with E-state index >= 15 is 0 Å². The lowest BCUT2D eigenvalue weighted by atomic mass is 10.1. The number of esters is 1. The quantitative estimate of drug-likeness (QED) is 0.622. The summed E-state index contributed by atoms with van der Waals surface area (Å²) in [6.07, 6.45) is 4.31. The summed E-state index contributed by atoms with van der Waals surface area (Å²) in [5.41, 5.74) is 2.73. The van der Waals surface area contributed by atoms with Crippen molar-refractivity contribution >= 4 is 12.0 Å². The summed E-state index contributed by atoms with van der Waals surface area (Å²) in [7, 11) is 0. The molecule has 3 rings (SSSR count). The first-order valence-electron chi connectivity index (χ1n) is 6.55. The lowest BCUT2D eigenvalue weighted by Crippen LogP contribution is -1.98. The Hall–Kier alpha value is -2.61. The van der Waals surface area contributed by atoms with E-state index in [1.165, 1.54) is 0 Å². The Labute approximate surface area is 118 Å². The van der Waals surface area contributed by atoms with Gasteiger partial charge in [0.15, 0.2) is 0 Å². The highest BCUT2D eigenvalue weighted by atomic mass is 16.5. The minimum absolute atomic E-state index is 0.278.